The van der Waals surface area contributed by atoms with Crippen LogP contribution in [0.4, 0.5) is 10.6 Å². The largest absolute Gasteiger partial charge is 0.444 e. The van der Waals surface area contributed by atoms with Crippen molar-refractivity contribution in [1.82, 2.24) is 15.3 Å². The van der Waals surface area contributed by atoms with Crippen molar-refractivity contribution < 1.29 is 9.53 Å². The number of nitrogens with zero attached hydrogens (tertiary/aromatic N) is 2. The normalized spacial score (nSPS) is 10.6. The van der Waals surface area contributed by atoms with Gasteiger partial charge in [0.25, 0.3) is 0 Å². The van der Waals surface area contributed by atoms with E-state index >= 15 is 0 Å². The van der Waals surface area contributed by atoms with Crippen LogP contribution in [-0.2, 0) is 17.6 Å². The fourth-order valence-corrected chi connectivity index (χ4v) is 2.02. The van der Waals surface area contributed by atoms with Crippen LogP contribution in [-0.4, -0.2) is 34.8 Å². The second-order valence-electron chi connectivity index (χ2n) is 7.12. The molecule has 0 aliphatic heterocycles. The second-order valence-corrected chi connectivity index (χ2v) is 7.12. The van der Waals surface area contributed by atoms with Gasteiger partial charge >= 0.3 is 6.09 Å². The fourth-order valence-electron chi connectivity index (χ4n) is 2.02. The van der Waals surface area contributed by atoms with E-state index < -0.39 is 5.60 Å². The first-order chi connectivity index (χ1) is 12.7. The van der Waals surface area contributed by atoms with Crippen LogP contribution in [0.2, 0.25) is 0 Å². The second kappa shape index (κ2) is 11.1. The number of hydrogen-bond donors (Lipinski definition) is 3. The number of rotatable bonds is 5. The van der Waals surface area contributed by atoms with Crippen LogP contribution in [0.5, 0.6) is 0 Å². The summed E-state index contributed by atoms with van der Waals surface area (Å²) in [6.07, 6.45) is 4.83. The number of aromatic nitrogens is 2. The molecule has 0 saturated heterocycles. The molecule has 0 aliphatic rings. The summed E-state index contributed by atoms with van der Waals surface area (Å²) >= 11 is 0. The Bertz CT molecular complexity index is 679. The Hall–Kier alpha value is -2.67. The van der Waals surface area contributed by atoms with E-state index in [4.69, 9.17) is 16.2 Å². The van der Waals surface area contributed by atoms with Crippen LogP contribution in [0.3, 0.4) is 0 Å². The molecule has 148 valence electrons. The summed E-state index contributed by atoms with van der Waals surface area (Å²) in [5.74, 6) is 0.556. The van der Waals surface area contributed by atoms with Gasteiger partial charge in [0.15, 0.2) is 0 Å². The predicted molar refractivity (Wildman–Crippen MR) is 108 cm³/mol. The molecule has 7 nitrogen and oxygen atoms in total. The molecule has 0 aromatic carbocycles. The number of nitrogens with two attached hydrogens (primary N) is 2. The van der Waals surface area contributed by atoms with E-state index in [-0.39, 0.29) is 6.09 Å². The van der Waals surface area contributed by atoms with Crippen molar-refractivity contribution in [2.75, 3.05) is 18.8 Å². The maximum Gasteiger partial charge on any atom is 0.407 e. The van der Waals surface area contributed by atoms with E-state index in [1.54, 1.807) is 12.3 Å². The molecule has 5 N–H and O–H groups in total. The standard InChI is InChI=1S/C13H20N2O2.C7H11N3/c1-10-5-6-11(9-15-10)7-8-14-12(16)17-13(2,3)4;8-4-3-6-1-2-7(9)10-5-6/h5-6,9H,7-8H2,1-4H3,(H,14,16);1-2,5H,3-4,8H2,(H2,9,10). The molecule has 0 bridgehead atoms. The number of carbonyl (C=O) groups excluding carboxylic acids is 1. The average molecular weight is 374 g/mol. The molecule has 0 spiro atoms. The number of alkyl carbamates (subject to hydrolysis) is 1. The minimum Gasteiger partial charge on any atom is -0.444 e. The summed E-state index contributed by atoms with van der Waals surface area (Å²) in [6.45, 7) is 8.69. The Morgan fingerprint density at radius 1 is 1.07 bits per heavy atom. The number of nitrogen functional groups attached to an aromatic ring is 1. The van der Waals surface area contributed by atoms with Crippen molar-refractivity contribution in [2.24, 2.45) is 5.73 Å². The lowest BCUT2D eigenvalue weighted by Gasteiger charge is -2.19. The topological polar surface area (TPSA) is 116 Å². The van der Waals surface area contributed by atoms with E-state index in [1.165, 1.54) is 0 Å². The molecule has 0 fully saturated rings. The molecular weight excluding hydrogens is 342 g/mol. The van der Waals surface area contributed by atoms with Gasteiger partial charge in [-0.3, -0.25) is 4.98 Å². The number of carbonyl (C=O) groups is 1. The SMILES string of the molecule is Cc1ccc(CCNC(=O)OC(C)(C)C)cn1.NCCc1ccc(N)nc1. The van der Waals surface area contributed by atoms with Crippen molar-refractivity contribution >= 4 is 11.9 Å². The van der Waals surface area contributed by atoms with Gasteiger partial charge in [-0.1, -0.05) is 12.1 Å². The lowest BCUT2D eigenvalue weighted by Crippen LogP contribution is -2.33. The minimum atomic E-state index is -0.449. The Kier molecular flexibility index (Phi) is 9.22. The summed E-state index contributed by atoms with van der Waals surface area (Å²) in [6, 6.07) is 7.70. The number of nitrogens with one attached hydrogen (secondary N) is 1. The highest BCUT2D eigenvalue weighted by Gasteiger charge is 2.15. The summed E-state index contributed by atoms with van der Waals surface area (Å²) < 4.78 is 5.13. The zero-order valence-electron chi connectivity index (χ0n) is 16.7. The van der Waals surface area contributed by atoms with Crippen LogP contribution in [0.15, 0.2) is 36.7 Å². The molecule has 2 aromatic heterocycles. The average Bonchev–Trinajstić information content (AvgIpc) is 2.58. The summed E-state index contributed by atoms with van der Waals surface area (Å²) in [5.41, 5.74) is 13.5. The molecule has 27 heavy (non-hydrogen) atoms. The van der Waals surface area contributed by atoms with Gasteiger partial charge in [0, 0.05) is 24.6 Å². The molecule has 2 heterocycles. The number of aryl methyl sites for hydroxylation is 1. The monoisotopic (exact) mass is 373 g/mol. The maximum absolute atomic E-state index is 11.4. The first kappa shape index (κ1) is 22.4. The van der Waals surface area contributed by atoms with E-state index in [9.17, 15) is 4.79 Å². The summed E-state index contributed by atoms with van der Waals surface area (Å²) in [7, 11) is 0. The van der Waals surface area contributed by atoms with Crippen LogP contribution in [0.25, 0.3) is 0 Å². The number of amides is 1. The van der Waals surface area contributed by atoms with Gasteiger partial charge in [0.1, 0.15) is 11.4 Å². The maximum atomic E-state index is 11.4. The number of ether oxygens (including phenoxy) is 1. The molecule has 2 rings (SSSR count). The third kappa shape index (κ3) is 10.8. The number of hydrogen-bond acceptors (Lipinski definition) is 6. The van der Waals surface area contributed by atoms with Gasteiger partial charge in [0.2, 0.25) is 0 Å². The molecule has 0 atom stereocenters. The predicted octanol–water partition coefficient (Wildman–Crippen LogP) is 2.62. The summed E-state index contributed by atoms with van der Waals surface area (Å²) in [4.78, 5) is 19.5. The smallest absolute Gasteiger partial charge is 0.407 e. The van der Waals surface area contributed by atoms with Gasteiger partial charge in [0.05, 0.1) is 0 Å². The van der Waals surface area contributed by atoms with Crippen molar-refractivity contribution in [3.8, 4) is 0 Å². The van der Waals surface area contributed by atoms with Crippen LogP contribution >= 0.6 is 0 Å². The molecule has 0 radical (unpaired) electrons. The molecule has 0 aliphatic carbocycles. The van der Waals surface area contributed by atoms with Crippen molar-refractivity contribution in [1.29, 1.82) is 0 Å². The van der Waals surface area contributed by atoms with Crippen LogP contribution < -0.4 is 16.8 Å². The number of pyridine rings is 2. The molecular formula is C20H31N5O2. The molecule has 7 heteroatoms. The Labute approximate surface area is 161 Å². The lowest BCUT2D eigenvalue weighted by molar-refractivity contribution is 0.0528. The fraction of sp³-hybridized carbons (Fsp3) is 0.450. The van der Waals surface area contributed by atoms with Crippen molar-refractivity contribution in [3.63, 3.8) is 0 Å². The number of anilines is 1. The molecule has 2 aromatic rings. The Morgan fingerprint density at radius 2 is 1.70 bits per heavy atom. The first-order valence-corrected chi connectivity index (χ1v) is 8.98. The Morgan fingerprint density at radius 3 is 2.22 bits per heavy atom. The Balaban J connectivity index is 0.000000309. The minimum absolute atomic E-state index is 0.377. The van der Waals surface area contributed by atoms with E-state index in [2.05, 4.69) is 15.3 Å². The van der Waals surface area contributed by atoms with E-state index in [1.807, 2.05) is 52.1 Å². The molecule has 1 amide bonds. The highest BCUT2D eigenvalue weighted by atomic mass is 16.6. The van der Waals surface area contributed by atoms with Gasteiger partial charge in [-0.2, -0.15) is 0 Å². The molecule has 0 saturated carbocycles. The van der Waals surface area contributed by atoms with Crippen molar-refractivity contribution in [2.45, 2.75) is 46.1 Å². The quantitative estimate of drug-likeness (QED) is 0.742. The summed E-state index contributed by atoms with van der Waals surface area (Å²) in [5, 5.41) is 2.71. The third-order valence-corrected chi connectivity index (χ3v) is 3.34. The molecule has 0 unspecified atom stereocenters. The van der Waals surface area contributed by atoms with E-state index in [0.717, 1.165) is 29.7 Å². The highest BCUT2D eigenvalue weighted by Crippen LogP contribution is 2.06. The van der Waals surface area contributed by atoms with Gasteiger partial charge in [-0.25, -0.2) is 9.78 Å². The van der Waals surface area contributed by atoms with E-state index in [0.29, 0.717) is 18.9 Å². The lowest BCUT2D eigenvalue weighted by atomic mass is 10.2. The zero-order valence-corrected chi connectivity index (χ0v) is 16.7. The van der Waals surface area contributed by atoms with Crippen molar-refractivity contribution in [3.05, 3.63) is 53.5 Å². The zero-order chi connectivity index (χ0) is 20.3. The van der Waals surface area contributed by atoms with Crippen LogP contribution in [0, 0.1) is 6.92 Å². The van der Waals surface area contributed by atoms with Gasteiger partial charge in [-0.15, -0.1) is 0 Å². The van der Waals surface area contributed by atoms with Gasteiger partial charge < -0.3 is 21.5 Å². The van der Waals surface area contributed by atoms with Gasteiger partial charge in [-0.05, 0) is 70.3 Å². The highest BCUT2D eigenvalue weighted by molar-refractivity contribution is 5.67. The first-order valence-electron chi connectivity index (χ1n) is 8.98. The third-order valence-electron chi connectivity index (χ3n) is 3.34. The van der Waals surface area contributed by atoms with Crippen LogP contribution in [0.1, 0.15) is 37.6 Å².